The molecule has 8 heteroatoms. The van der Waals surface area contributed by atoms with Crippen LogP contribution in [0, 0.1) is 11.7 Å². The Morgan fingerprint density at radius 1 is 1.00 bits per heavy atom. The highest BCUT2D eigenvalue weighted by Crippen LogP contribution is 2.40. The average molecular weight is 488 g/mol. The Morgan fingerprint density at radius 3 is 2.33 bits per heavy atom. The van der Waals surface area contributed by atoms with Crippen LogP contribution in [0.1, 0.15) is 19.4 Å². The van der Waals surface area contributed by atoms with Crippen LogP contribution in [0.25, 0.3) is 22.0 Å². The summed E-state index contributed by atoms with van der Waals surface area (Å²) in [5.74, 6) is 0.895. The largest absolute Gasteiger partial charge is 0.483 e. The molecule has 0 saturated heterocycles. The van der Waals surface area contributed by atoms with Gasteiger partial charge in [-0.1, -0.05) is 55.2 Å². The van der Waals surface area contributed by atoms with E-state index < -0.39 is 5.82 Å². The maximum absolute atomic E-state index is 13.7. The summed E-state index contributed by atoms with van der Waals surface area (Å²) in [6.07, 6.45) is 2.25. The molecule has 0 radical (unpaired) electrons. The molecule has 0 N–H and O–H groups in total. The van der Waals surface area contributed by atoms with E-state index in [1.54, 1.807) is 20.4 Å². The fraction of sp³-hybridized carbons (Fsp3) is 0.320. The summed E-state index contributed by atoms with van der Waals surface area (Å²) in [4.78, 5) is 14.2. The Hall–Kier alpha value is -2.70. The first kappa shape index (κ1) is 23.5. The van der Waals surface area contributed by atoms with E-state index in [4.69, 9.17) is 42.7 Å². The van der Waals surface area contributed by atoms with Crippen molar-refractivity contribution in [3.05, 3.63) is 64.0 Å². The van der Waals surface area contributed by atoms with Crippen LogP contribution < -0.4 is 0 Å². The molecule has 5 nitrogen and oxygen atoms in total. The second-order valence-electron chi connectivity index (χ2n) is 8.17. The van der Waals surface area contributed by atoms with Gasteiger partial charge in [-0.2, -0.15) is 0 Å². The topological polar surface area (TPSA) is 56.1 Å². The molecule has 172 valence electrons. The fourth-order valence-electron chi connectivity index (χ4n) is 4.11. The van der Waals surface area contributed by atoms with Gasteiger partial charge in [0.2, 0.25) is 11.8 Å². The lowest BCUT2D eigenvalue weighted by molar-refractivity contribution is 0.333. The van der Waals surface area contributed by atoms with E-state index in [9.17, 15) is 4.39 Å². The lowest BCUT2D eigenvalue weighted by Gasteiger charge is -2.27. The molecule has 2 heterocycles. The number of hydrogen-bond donors (Lipinski definition) is 0. The van der Waals surface area contributed by atoms with Gasteiger partial charge in [0.05, 0.1) is 29.8 Å². The number of rotatable bonds is 4. The molecule has 1 unspecified atom stereocenters. The quantitative estimate of drug-likeness (QED) is 0.428. The second-order valence-corrected chi connectivity index (χ2v) is 8.98. The highest BCUT2D eigenvalue weighted by molar-refractivity contribution is 6.39. The van der Waals surface area contributed by atoms with E-state index in [2.05, 4.69) is 18.8 Å². The molecule has 3 aromatic rings. The van der Waals surface area contributed by atoms with E-state index in [1.807, 2.05) is 24.3 Å². The first-order valence-corrected chi connectivity index (χ1v) is 11.3. The van der Waals surface area contributed by atoms with Crippen LogP contribution in [0.15, 0.2) is 52.6 Å². The highest BCUT2D eigenvalue weighted by Gasteiger charge is 2.31. The normalized spacial score (nSPS) is 18.3. The average Bonchev–Trinajstić information content (AvgIpc) is 2.79. The van der Waals surface area contributed by atoms with Gasteiger partial charge in [-0.05, 0) is 35.2 Å². The SMILES string of the molecule is COC1=N[C@@H](Cc2ccc(-c3c(Cl)cc(F)cc3Cl)c3cccnc23)C(OC)=NC1C(C)C. The van der Waals surface area contributed by atoms with Gasteiger partial charge in [0.1, 0.15) is 17.9 Å². The zero-order valence-corrected chi connectivity index (χ0v) is 20.3. The zero-order chi connectivity index (χ0) is 23.7. The fourth-order valence-corrected chi connectivity index (χ4v) is 4.78. The van der Waals surface area contributed by atoms with Crippen molar-refractivity contribution in [3.63, 3.8) is 0 Å². The Labute approximate surface area is 202 Å². The van der Waals surface area contributed by atoms with Crippen LogP contribution in [-0.2, 0) is 15.9 Å². The summed E-state index contributed by atoms with van der Waals surface area (Å²) in [5.41, 5.74) is 3.09. The van der Waals surface area contributed by atoms with E-state index >= 15 is 0 Å². The number of hydrogen-bond acceptors (Lipinski definition) is 5. The lowest BCUT2D eigenvalue weighted by atomic mass is 9.94. The van der Waals surface area contributed by atoms with Gasteiger partial charge < -0.3 is 9.47 Å². The number of pyridine rings is 1. The zero-order valence-electron chi connectivity index (χ0n) is 18.8. The third kappa shape index (κ3) is 4.55. The molecule has 0 fully saturated rings. The number of aromatic nitrogens is 1. The van der Waals surface area contributed by atoms with Gasteiger partial charge in [-0.3, -0.25) is 4.98 Å². The maximum atomic E-state index is 13.7. The molecule has 0 amide bonds. The number of benzene rings is 2. The van der Waals surface area contributed by atoms with Crippen LogP contribution in [0.2, 0.25) is 10.0 Å². The minimum Gasteiger partial charge on any atom is -0.483 e. The first-order valence-electron chi connectivity index (χ1n) is 10.6. The van der Waals surface area contributed by atoms with E-state index in [0.717, 1.165) is 22.0 Å². The molecule has 2 aromatic carbocycles. The van der Waals surface area contributed by atoms with Gasteiger partial charge in [-0.15, -0.1) is 0 Å². The van der Waals surface area contributed by atoms with Gasteiger partial charge in [0.15, 0.2) is 0 Å². The predicted molar refractivity (Wildman–Crippen MR) is 132 cm³/mol. The molecule has 4 rings (SSSR count). The third-order valence-electron chi connectivity index (χ3n) is 5.68. The number of nitrogens with zero attached hydrogens (tertiary/aromatic N) is 3. The predicted octanol–water partition coefficient (Wildman–Crippen LogP) is 6.39. The Morgan fingerprint density at radius 2 is 1.70 bits per heavy atom. The number of halogens is 3. The second kappa shape index (κ2) is 9.65. The van der Waals surface area contributed by atoms with E-state index in [0.29, 0.717) is 23.8 Å². The summed E-state index contributed by atoms with van der Waals surface area (Å²) >= 11 is 12.7. The number of methoxy groups -OCH3 is 2. The van der Waals surface area contributed by atoms with Gasteiger partial charge in [0.25, 0.3) is 0 Å². The molecule has 0 aliphatic carbocycles. The monoisotopic (exact) mass is 487 g/mol. The Balaban J connectivity index is 1.79. The minimum absolute atomic E-state index is 0.179. The van der Waals surface area contributed by atoms with Gasteiger partial charge >= 0.3 is 0 Å². The van der Waals surface area contributed by atoms with Crippen molar-refractivity contribution in [3.8, 4) is 11.1 Å². The number of aliphatic imine (C=N–C) groups is 2. The molecule has 0 spiro atoms. The Bertz CT molecular complexity index is 1240. The van der Waals surface area contributed by atoms with Gasteiger partial charge in [0, 0.05) is 23.6 Å². The highest BCUT2D eigenvalue weighted by atomic mass is 35.5. The van der Waals surface area contributed by atoms with Crippen LogP contribution in [0.4, 0.5) is 4.39 Å². The molecule has 1 aliphatic heterocycles. The van der Waals surface area contributed by atoms with Crippen LogP contribution >= 0.6 is 23.2 Å². The van der Waals surface area contributed by atoms with Crippen molar-refractivity contribution in [2.75, 3.05) is 14.2 Å². The van der Waals surface area contributed by atoms with Crippen molar-refractivity contribution in [1.29, 1.82) is 0 Å². The summed E-state index contributed by atoms with van der Waals surface area (Å²) in [7, 11) is 3.22. The summed E-state index contributed by atoms with van der Waals surface area (Å²) in [6.45, 7) is 4.14. The molecule has 1 aromatic heterocycles. The Kier molecular flexibility index (Phi) is 6.86. The summed E-state index contributed by atoms with van der Waals surface area (Å²) in [5, 5.41) is 1.34. The molecular weight excluding hydrogens is 464 g/mol. The van der Waals surface area contributed by atoms with Crippen molar-refractivity contribution in [2.24, 2.45) is 15.9 Å². The van der Waals surface area contributed by atoms with Crippen LogP contribution in [-0.4, -0.2) is 43.1 Å². The van der Waals surface area contributed by atoms with Gasteiger partial charge in [-0.25, -0.2) is 14.4 Å². The van der Waals surface area contributed by atoms with E-state index in [-0.39, 0.29) is 28.0 Å². The van der Waals surface area contributed by atoms with Crippen molar-refractivity contribution < 1.29 is 13.9 Å². The maximum Gasteiger partial charge on any atom is 0.209 e. The number of ether oxygens (including phenoxy) is 2. The molecule has 0 bridgehead atoms. The molecule has 2 atom stereocenters. The smallest absolute Gasteiger partial charge is 0.209 e. The number of fused-ring (bicyclic) bond motifs is 1. The van der Waals surface area contributed by atoms with Crippen molar-refractivity contribution in [1.82, 2.24) is 4.98 Å². The standard InChI is InChI=1S/C25H24Cl2FN3O2/c1-13(2)22-25(33-4)30-20(24(31-22)32-3)10-14-7-8-16(17-6-5-9-29-23(14)17)21-18(26)11-15(28)12-19(21)27/h5-9,11-13,20,22H,10H2,1-4H3/t20-,22?/m0/s1. The minimum atomic E-state index is -0.483. The van der Waals surface area contributed by atoms with Crippen LogP contribution in [0.3, 0.4) is 0 Å². The molecule has 33 heavy (non-hydrogen) atoms. The van der Waals surface area contributed by atoms with Crippen molar-refractivity contribution in [2.45, 2.75) is 32.4 Å². The summed E-state index contributed by atoms with van der Waals surface area (Å²) in [6, 6.07) is 9.68. The van der Waals surface area contributed by atoms with E-state index in [1.165, 1.54) is 12.1 Å². The first-order chi connectivity index (χ1) is 15.8. The van der Waals surface area contributed by atoms with Crippen molar-refractivity contribution >= 4 is 45.9 Å². The molecular formula is C25H24Cl2FN3O2. The lowest BCUT2D eigenvalue weighted by Crippen LogP contribution is -2.38. The summed E-state index contributed by atoms with van der Waals surface area (Å²) < 4.78 is 24.9. The molecule has 0 saturated carbocycles. The van der Waals surface area contributed by atoms with Crippen LogP contribution in [0.5, 0.6) is 0 Å². The molecule has 1 aliphatic rings. The third-order valence-corrected chi connectivity index (χ3v) is 6.28.